The number of aliphatic hydroxyl groups excluding tert-OH is 2. The third kappa shape index (κ3) is 49.5. The molecule has 0 heterocycles. The molecule has 0 aromatic carbocycles. The van der Waals surface area contributed by atoms with Crippen molar-refractivity contribution < 1.29 is 24.5 Å². The molecule has 0 fully saturated rings. The van der Waals surface area contributed by atoms with E-state index in [0.717, 1.165) is 51.4 Å². The van der Waals surface area contributed by atoms with E-state index in [2.05, 4.69) is 43.5 Å². The molecule has 0 aliphatic carbocycles. The number of nitrogens with one attached hydrogen (secondary N) is 1. The van der Waals surface area contributed by atoms with Crippen molar-refractivity contribution in [3.05, 3.63) is 36.5 Å². The van der Waals surface area contributed by atoms with Crippen molar-refractivity contribution in [3.63, 3.8) is 0 Å². The van der Waals surface area contributed by atoms with Crippen LogP contribution in [0, 0.1) is 0 Å². The van der Waals surface area contributed by atoms with Crippen LogP contribution in [-0.2, 0) is 14.3 Å². The molecule has 0 bridgehead atoms. The van der Waals surface area contributed by atoms with Gasteiger partial charge in [-0.05, 0) is 83.5 Å². The molecule has 3 N–H and O–H groups in total. The first-order valence-corrected chi connectivity index (χ1v) is 28.3. The molecule has 6 nitrogen and oxygen atoms in total. The third-order valence-electron chi connectivity index (χ3n) is 12.9. The van der Waals surface area contributed by atoms with Gasteiger partial charge in [0.2, 0.25) is 5.91 Å². The second kappa shape index (κ2) is 53.7. The Labute approximate surface area is 398 Å². The lowest BCUT2D eigenvalue weighted by Crippen LogP contribution is -2.45. The zero-order chi connectivity index (χ0) is 46.5. The maximum Gasteiger partial charge on any atom is 0.305 e. The van der Waals surface area contributed by atoms with E-state index in [1.165, 1.54) is 218 Å². The van der Waals surface area contributed by atoms with Gasteiger partial charge in [-0.2, -0.15) is 0 Å². The Bertz CT molecular complexity index is 1040. The summed E-state index contributed by atoms with van der Waals surface area (Å²) in [5.41, 5.74) is 0. The monoisotopic (exact) mass is 900 g/mol. The van der Waals surface area contributed by atoms with Crippen LogP contribution in [0.1, 0.15) is 296 Å². The average molecular weight is 901 g/mol. The molecule has 1 amide bonds. The Morgan fingerprint density at radius 3 is 1.11 bits per heavy atom. The van der Waals surface area contributed by atoms with E-state index in [0.29, 0.717) is 19.4 Å². The number of rotatable bonds is 52. The molecule has 0 aliphatic heterocycles. The fraction of sp³-hybridized carbons (Fsp3) is 0.862. The fourth-order valence-electron chi connectivity index (χ4n) is 8.50. The molecular weight excluding hydrogens is 791 g/mol. The Morgan fingerprint density at radius 2 is 0.734 bits per heavy atom. The van der Waals surface area contributed by atoms with Crippen LogP contribution >= 0.6 is 0 Å². The molecule has 0 spiro atoms. The first kappa shape index (κ1) is 62.1. The molecule has 0 aromatic heterocycles. The average Bonchev–Trinajstić information content (AvgIpc) is 3.29. The van der Waals surface area contributed by atoms with Gasteiger partial charge in [-0.15, -0.1) is 0 Å². The Morgan fingerprint density at radius 1 is 0.422 bits per heavy atom. The van der Waals surface area contributed by atoms with E-state index in [-0.39, 0.29) is 18.5 Å². The van der Waals surface area contributed by atoms with Gasteiger partial charge in [0, 0.05) is 12.8 Å². The van der Waals surface area contributed by atoms with E-state index >= 15 is 0 Å². The van der Waals surface area contributed by atoms with Crippen molar-refractivity contribution in [1.29, 1.82) is 0 Å². The van der Waals surface area contributed by atoms with Crippen LogP contribution < -0.4 is 5.32 Å². The predicted molar refractivity (Wildman–Crippen MR) is 278 cm³/mol. The minimum absolute atomic E-state index is 0.00232. The molecule has 376 valence electrons. The van der Waals surface area contributed by atoms with Gasteiger partial charge in [0.15, 0.2) is 0 Å². The van der Waals surface area contributed by atoms with Crippen LogP contribution in [-0.4, -0.2) is 47.4 Å². The topological polar surface area (TPSA) is 95.9 Å². The molecule has 0 rings (SSSR count). The SMILES string of the molecule is CCCCCCCCC/C=C\CCCCCCCC(=O)OCCCCCCCCCCC/C=C\CCCCCCCCCC(=O)NC(CO)C(O)/C=C/CCCCCCCCCCC. The van der Waals surface area contributed by atoms with Crippen molar-refractivity contribution in [2.45, 2.75) is 309 Å². The fourth-order valence-corrected chi connectivity index (χ4v) is 8.50. The summed E-state index contributed by atoms with van der Waals surface area (Å²) in [5, 5.41) is 23.0. The number of allylic oxidation sites excluding steroid dienone is 5. The van der Waals surface area contributed by atoms with Crippen LogP contribution in [0.25, 0.3) is 0 Å². The number of ether oxygens (including phenoxy) is 1. The number of carbonyl (C=O) groups excluding carboxylic acids is 2. The maximum atomic E-state index is 12.4. The summed E-state index contributed by atoms with van der Waals surface area (Å²) >= 11 is 0. The van der Waals surface area contributed by atoms with Crippen LogP contribution in [0.5, 0.6) is 0 Å². The first-order chi connectivity index (χ1) is 31.5. The lowest BCUT2D eigenvalue weighted by molar-refractivity contribution is -0.143. The normalized spacial score (nSPS) is 12.9. The lowest BCUT2D eigenvalue weighted by Gasteiger charge is -2.20. The van der Waals surface area contributed by atoms with Crippen molar-refractivity contribution in [2.75, 3.05) is 13.2 Å². The van der Waals surface area contributed by atoms with Crippen LogP contribution in [0.2, 0.25) is 0 Å². The zero-order valence-electron chi connectivity index (χ0n) is 42.8. The number of hydrogen-bond donors (Lipinski definition) is 3. The number of hydrogen-bond acceptors (Lipinski definition) is 5. The number of esters is 1. The number of carbonyl (C=O) groups is 2. The molecule has 2 unspecified atom stereocenters. The van der Waals surface area contributed by atoms with Crippen molar-refractivity contribution in [1.82, 2.24) is 5.32 Å². The van der Waals surface area contributed by atoms with Crippen molar-refractivity contribution in [3.8, 4) is 0 Å². The summed E-state index contributed by atoms with van der Waals surface area (Å²) in [6, 6.07) is -0.633. The molecule has 0 saturated carbocycles. The molecule has 0 saturated heterocycles. The number of amides is 1. The second-order valence-electron chi connectivity index (χ2n) is 19.3. The van der Waals surface area contributed by atoms with Gasteiger partial charge in [0.1, 0.15) is 0 Å². The predicted octanol–water partition coefficient (Wildman–Crippen LogP) is 17.2. The highest BCUT2D eigenvalue weighted by molar-refractivity contribution is 5.76. The molecule has 2 atom stereocenters. The van der Waals surface area contributed by atoms with Crippen LogP contribution in [0.3, 0.4) is 0 Å². The third-order valence-corrected chi connectivity index (χ3v) is 12.9. The van der Waals surface area contributed by atoms with Gasteiger partial charge >= 0.3 is 5.97 Å². The van der Waals surface area contributed by atoms with Crippen LogP contribution in [0.4, 0.5) is 0 Å². The summed E-state index contributed by atoms with van der Waals surface area (Å²) in [5.74, 6) is -0.0807. The Hall–Kier alpha value is -1.92. The zero-order valence-corrected chi connectivity index (χ0v) is 42.8. The van der Waals surface area contributed by atoms with Gasteiger partial charge in [-0.1, -0.05) is 237 Å². The lowest BCUT2D eigenvalue weighted by atomic mass is 10.1. The van der Waals surface area contributed by atoms with Gasteiger partial charge in [-0.3, -0.25) is 9.59 Å². The quantitative estimate of drug-likeness (QED) is 0.0321. The van der Waals surface area contributed by atoms with E-state index in [4.69, 9.17) is 4.74 Å². The minimum Gasteiger partial charge on any atom is -0.466 e. The van der Waals surface area contributed by atoms with Gasteiger partial charge in [-0.25, -0.2) is 0 Å². The Balaban J connectivity index is 3.44. The molecule has 0 aromatic rings. The van der Waals surface area contributed by atoms with Gasteiger partial charge in [0.25, 0.3) is 0 Å². The number of aliphatic hydroxyl groups is 2. The highest BCUT2D eigenvalue weighted by atomic mass is 16.5. The highest BCUT2D eigenvalue weighted by Gasteiger charge is 2.18. The summed E-state index contributed by atoms with van der Waals surface area (Å²) in [6.07, 6.45) is 65.9. The Kier molecular flexibility index (Phi) is 52.1. The van der Waals surface area contributed by atoms with Crippen molar-refractivity contribution >= 4 is 11.9 Å². The van der Waals surface area contributed by atoms with E-state index in [1.807, 2.05) is 6.08 Å². The second-order valence-corrected chi connectivity index (χ2v) is 19.3. The van der Waals surface area contributed by atoms with Gasteiger partial charge in [0.05, 0.1) is 25.4 Å². The van der Waals surface area contributed by atoms with E-state index < -0.39 is 12.1 Å². The van der Waals surface area contributed by atoms with Crippen LogP contribution in [0.15, 0.2) is 36.5 Å². The van der Waals surface area contributed by atoms with Gasteiger partial charge < -0.3 is 20.3 Å². The minimum atomic E-state index is -0.849. The van der Waals surface area contributed by atoms with E-state index in [1.54, 1.807) is 6.08 Å². The molecule has 0 aliphatic rings. The number of unbranched alkanes of at least 4 members (excludes halogenated alkanes) is 37. The standard InChI is InChI=1S/C58H109NO5/c1-3-5-7-9-11-13-15-16-17-25-28-32-36-40-44-48-52-58(63)64-53-49-45-41-37-33-29-26-23-21-19-18-20-22-24-27-31-35-39-43-47-51-57(62)59-55(54-60)56(61)50-46-42-38-34-30-14-12-10-8-6-4-2/h17-18,20,25,46,50,55-56,60-61H,3-16,19,21-24,26-45,47-49,51-54H2,1-2H3,(H,59,62)/b20-18-,25-17-,50-46+. The summed E-state index contributed by atoms with van der Waals surface area (Å²) in [4.78, 5) is 24.5. The first-order valence-electron chi connectivity index (χ1n) is 28.3. The summed E-state index contributed by atoms with van der Waals surface area (Å²) in [6.45, 7) is 4.87. The molecule has 0 radical (unpaired) electrons. The summed E-state index contributed by atoms with van der Waals surface area (Å²) in [7, 11) is 0. The molecule has 64 heavy (non-hydrogen) atoms. The largest absolute Gasteiger partial charge is 0.466 e. The van der Waals surface area contributed by atoms with Crippen molar-refractivity contribution in [2.24, 2.45) is 0 Å². The highest BCUT2D eigenvalue weighted by Crippen LogP contribution is 2.15. The molecular formula is C58H109NO5. The van der Waals surface area contributed by atoms with E-state index in [9.17, 15) is 19.8 Å². The maximum absolute atomic E-state index is 12.4. The smallest absolute Gasteiger partial charge is 0.305 e. The summed E-state index contributed by atoms with van der Waals surface area (Å²) < 4.78 is 5.47. The molecule has 6 heteroatoms.